The van der Waals surface area contributed by atoms with Gasteiger partial charge in [-0.15, -0.1) is 0 Å². The van der Waals surface area contributed by atoms with Gasteiger partial charge in [0.25, 0.3) is 0 Å². The van der Waals surface area contributed by atoms with Gasteiger partial charge in [0.2, 0.25) is 5.91 Å². The molecule has 0 aliphatic heterocycles. The minimum atomic E-state index is -1.40. The van der Waals surface area contributed by atoms with E-state index >= 15 is 0 Å². The molecule has 0 unspecified atom stereocenters. The molecule has 0 radical (unpaired) electrons. The van der Waals surface area contributed by atoms with Crippen LogP contribution < -0.4 is 5.32 Å². The van der Waals surface area contributed by atoms with E-state index in [1.165, 1.54) is 7.11 Å². The summed E-state index contributed by atoms with van der Waals surface area (Å²) in [6, 6.07) is 0. The van der Waals surface area contributed by atoms with Crippen molar-refractivity contribution in [2.75, 3.05) is 46.8 Å². The number of hydrogen-bond acceptors (Lipinski definition) is 6. The molecule has 96 valence electrons. The largest absolute Gasteiger partial charge is 0.394 e. The molecule has 0 bridgehead atoms. The number of carbonyl (C=O) groups excluding carboxylic acids is 1. The average Bonchev–Trinajstić information content (AvgIpc) is 2.32. The number of carbonyl (C=O) groups is 1. The average molecular weight is 237 g/mol. The third-order valence-electron chi connectivity index (χ3n) is 1.98. The lowest BCUT2D eigenvalue weighted by molar-refractivity contribution is -0.130. The Morgan fingerprint density at radius 2 is 1.75 bits per heavy atom. The van der Waals surface area contributed by atoms with Gasteiger partial charge in [0.05, 0.1) is 33.0 Å². The molecule has 0 aliphatic carbocycles. The fraction of sp³-hybridized carbons (Fsp3) is 0.889. The number of aliphatic hydroxyl groups is 3. The van der Waals surface area contributed by atoms with Crippen LogP contribution in [0.4, 0.5) is 0 Å². The van der Waals surface area contributed by atoms with E-state index in [1.807, 2.05) is 0 Å². The summed E-state index contributed by atoms with van der Waals surface area (Å²) in [7, 11) is 1.51. The van der Waals surface area contributed by atoms with Crippen molar-refractivity contribution in [2.45, 2.75) is 5.54 Å². The van der Waals surface area contributed by atoms with Gasteiger partial charge in [0.1, 0.15) is 12.1 Å². The second-order valence-electron chi connectivity index (χ2n) is 3.35. The van der Waals surface area contributed by atoms with Gasteiger partial charge in [-0.25, -0.2) is 0 Å². The van der Waals surface area contributed by atoms with Crippen LogP contribution in [0, 0.1) is 0 Å². The van der Waals surface area contributed by atoms with Gasteiger partial charge in [-0.1, -0.05) is 0 Å². The lowest BCUT2D eigenvalue weighted by atomic mass is 10.0. The molecule has 4 N–H and O–H groups in total. The maximum atomic E-state index is 11.3. The molecule has 0 saturated heterocycles. The molecular formula is C9H19NO6. The Kier molecular flexibility index (Phi) is 8.04. The van der Waals surface area contributed by atoms with Gasteiger partial charge < -0.3 is 30.1 Å². The predicted octanol–water partition coefficient (Wildman–Crippen LogP) is -2.52. The summed E-state index contributed by atoms with van der Waals surface area (Å²) in [6.07, 6.45) is 0. The normalized spacial score (nSPS) is 11.5. The van der Waals surface area contributed by atoms with Crippen LogP contribution in [0.5, 0.6) is 0 Å². The zero-order chi connectivity index (χ0) is 12.4. The number of methoxy groups -OCH3 is 1. The van der Waals surface area contributed by atoms with Crippen molar-refractivity contribution in [3.63, 3.8) is 0 Å². The van der Waals surface area contributed by atoms with Crippen LogP contribution in [-0.4, -0.2) is 73.5 Å². The summed E-state index contributed by atoms with van der Waals surface area (Å²) >= 11 is 0. The van der Waals surface area contributed by atoms with Gasteiger partial charge in [-0.2, -0.15) is 0 Å². The van der Waals surface area contributed by atoms with E-state index in [0.717, 1.165) is 0 Å². The van der Waals surface area contributed by atoms with Gasteiger partial charge in [0.15, 0.2) is 0 Å². The smallest absolute Gasteiger partial charge is 0.246 e. The van der Waals surface area contributed by atoms with E-state index in [9.17, 15) is 4.79 Å². The van der Waals surface area contributed by atoms with Crippen LogP contribution in [0.1, 0.15) is 0 Å². The van der Waals surface area contributed by atoms with Gasteiger partial charge in [-0.05, 0) is 0 Å². The number of ether oxygens (including phenoxy) is 2. The minimum absolute atomic E-state index is 0.217. The van der Waals surface area contributed by atoms with E-state index in [4.69, 9.17) is 24.8 Å². The standard InChI is InChI=1S/C9H19NO6/c1-15-2-3-16-4-8(14)10-9(5-11,6-12)7-13/h11-13H,2-7H2,1H3,(H,10,14). The molecule has 16 heavy (non-hydrogen) atoms. The van der Waals surface area contributed by atoms with Crippen LogP contribution in [-0.2, 0) is 14.3 Å². The molecule has 0 spiro atoms. The second kappa shape index (κ2) is 8.43. The number of nitrogens with one attached hydrogen (secondary N) is 1. The van der Waals surface area contributed by atoms with E-state index in [0.29, 0.717) is 6.61 Å². The second-order valence-corrected chi connectivity index (χ2v) is 3.35. The molecule has 1 amide bonds. The Labute approximate surface area is 94.0 Å². The number of rotatable bonds is 9. The zero-order valence-electron chi connectivity index (χ0n) is 9.31. The summed E-state index contributed by atoms with van der Waals surface area (Å²) in [5, 5.41) is 29.1. The quantitative estimate of drug-likeness (QED) is 0.330. The molecular weight excluding hydrogens is 218 g/mol. The Hall–Kier alpha value is -0.730. The third-order valence-corrected chi connectivity index (χ3v) is 1.98. The number of aliphatic hydroxyl groups excluding tert-OH is 3. The molecule has 0 rings (SSSR count). The number of amides is 1. The zero-order valence-corrected chi connectivity index (χ0v) is 9.31. The molecule has 0 aromatic heterocycles. The van der Waals surface area contributed by atoms with Crippen molar-refractivity contribution in [1.29, 1.82) is 0 Å². The Morgan fingerprint density at radius 3 is 2.19 bits per heavy atom. The lowest BCUT2D eigenvalue weighted by Crippen LogP contribution is -2.57. The van der Waals surface area contributed by atoms with E-state index in [1.54, 1.807) is 0 Å². The van der Waals surface area contributed by atoms with E-state index in [2.05, 4.69) is 5.32 Å². The first-order valence-electron chi connectivity index (χ1n) is 4.84. The first kappa shape index (κ1) is 15.3. The maximum absolute atomic E-state index is 11.3. The summed E-state index contributed by atoms with van der Waals surface area (Å²) in [5.74, 6) is -0.520. The fourth-order valence-electron chi connectivity index (χ4n) is 0.908. The SMILES string of the molecule is COCCOCC(=O)NC(CO)(CO)CO. The number of hydrogen-bond donors (Lipinski definition) is 4. The summed E-state index contributed by atoms with van der Waals surface area (Å²) in [6.45, 7) is -1.23. The van der Waals surface area contributed by atoms with Gasteiger partial charge in [-0.3, -0.25) is 4.79 Å². The van der Waals surface area contributed by atoms with Crippen LogP contribution in [0.2, 0.25) is 0 Å². The van der Waals surface area contributed by atoms with Crippen LogP contribution >= 0.6 is 0 Å². The molecule has 0 aromatic carbocycles. The highest BCUT2D eigenvalue weighted by Crippen LogP contribution is 2.01. The Morgan fingerprint density at radius 1 is 1.19 bits per heavy atom. The molecule has 0 aromatic rings. The van der Waals surface area contributed by atoms with E-state index < -0.39 is 31.3 Å². The summed E-state index contributed by atoms with van der Waals surface area (Å²) < 4.78 is 9.64. The van der Waals surface area contributed by atoms with E-state index in [-0.39, 0.29) is 13.2 Å². The monoisotopic (exact) mass is 237 g/mol. The molecule has 7 heteroatoms. The first-order chi connectivity index (χ1) is 7.64. The van der Waals surface area contributed by atoms with Crippen molar-refractivity contribution >= 4 is 5.91 Å². The summed E-state index contributed by atoms with van der Waals surface area (Å²) in [5.41, 5.74) is -1.40. The molecule has 0 heterocycles. The molecule has 0 fully saturated rings. The highest BCUT2D eigenvalue weighted by Gasteiger charge is 2.29. The minimum Gasteiger partial charge on any atom is -0.394 e. The molecule has 7 nitrogen and oxygen atoms in total. The van der Waals surface area contributed by atoms with Crippen LogP contribution in [0.15, 0.2) is 0 Å². The Bertz CT molecular complexity index is 186. The van der Waals surface area contributed by atoms with Crippen molar-refractivity contribution in [2.24, 2.45) is 0 Å². The fourth-order valence-corrected chi connectivity index (χ4v) is 0.908. The topological polar surface area (TPSA) is 108 Å². The van der Waals surface area contributed by atoms with Crippen LogP contribution in [0.3, 0.4) is 0 Å². The van der Waals surface area contributed by atoms with Crippen molar-refractivity contribution < 1.29 is 29.6 Å². The maximum Gasteiger partial charge on any atom is 0.246 e. The molecule has 0 aliphatic rings. The van der Waals surface area contributed by atoms with Crippen LogP contribution in [0.25, 0.3) is 0 Å². The summed E-state index contributed by atoms with van der Waals surface area (Å²) in [4.78, 5) is 11.3. The highest BCUT2D eigenvalue weighted by atomic mass is 16.5. The molecule has 0 atom stereocenters. The van der Waals surface area contributed by atoms with Gasteiger partial charge >= 0.3 is 0 Å². The highest BCUT2D eigenvalue weighted by molar-refractivity contribution is 5.78. The predicted molar refractivity (Wildman–Crippen MR) is 54.8 cm³/mol. The van der Waals surface area contributed by atoms with Crippen molar-refractivity contribution in [3.05, 3.63) is 0 Å². The van der Waals surface area contributed by atoms with Gasteiger partial charge in [0, 0.05) is 7.11 Å². The first-order valence-corrected chi connectivity index (χ1v) is 4.84. The lowest BCUT2D eigenvalue weighted by Gasteiger charge is -2.28. The third kappa shape index (κ3) is 5.38. The Balaban J connectivity index is 3.91. The van der Waals surface area contributed by atoms with Crippen molar-refractivity contribution in [3.8, 4) is 0 Å². The molecule has 0 saturated carbocycles. The van der Waals surface area contributed by atoms with Crippen molar-refractivity contribution in [1.82, 2.24) is 5.32 Å².